The van der Waals surface area contributed by atoms with Gasteiger partial charge in [-0.2, -0.15) is 0 Å². The molecule has 0 fully saturated rings. The van der Waals surface area contributed by atoms with Crippen LogP contribution in [0.2, 0.25) is 0 Å². The van der Waals surface area contributed by atoms with Crippen molar-refractivity contribution in [2.24, 2.45) is 4.99 Å². The zero-order chi connectivity index (χ0) is 28.8. The van der Waals surface area contributed by atoms with E-state index in [1.54, 1.807) is 18.2 Å². The molecule has 4 rings (SSSR count). The molecule has 0 unspecified atom stereocenters. The van der Waals surface area contributed by atoms with Gasteiger partial charge in [0.05, 0.1) is 53.3 Å². The molecule has 1 aliphatic rings. The molecule has 1 aliphatic heterocycles. The molecule has 2 heterocycles. The average molecular weight is 679 g/mol. The Balaban J connectivity index is 1.89. The van der Waals surface area contributed by atoms with Crippen LogP contribution in [0.25, 0.3) is 6.08 Å². The van der Waals surface area contributed by atoms with Crippen molar-refractivity contribution in [1.82, 2.24) is 4.57 Å². The molecule has 40 heavy (non-hydrogen) atoms. The lowest BCUT2D eigenvalue weighted by molar-refractivity contribution is -0.136. The van der Waals surface area contributed by atoms with E-state index in [1.807, 2.05) is 45.9 Å². The van der Waals surface area contributed by atoms with E-state index in [9.17, 15) is 9.59 Å². The van der Waals surface area contributed by atoms with E-state index in [0.717, 1.165) is 9.13 Å². The lowest BCUT2D eigenvalue weighted by Gasteiger charge is -2.23. The van der Waals surface area contributed by atoms with E-state index in [1.165, 1.54) is 29.2 Å². The van der Waals surface area contributed by atoms with E-state index < -0.39 is 12.0 Å². The summed E-state index contributed by atoms with van der Waals surface area (Å²) in [4.78, 5) is 31.6. The zero-order valence-corrected chi connectivity index (χ0v) is 26.0. The van der Waals surface area contributed by atoms with Gasteiger partial charge >= 0.3 is 5.97 Å². The normalized spacial score (nSPS) is 14.6. The monoisotopic (exact) mass is 678 g/mol. The minimum atomic E-state index is -0.764. The predicted octanol–water partition coefficient (Wildman–Crippen LogP) is 4.22. The van der Waals surface area contributed by atoms with Crippen molar-refractivity contribution >= 4 is 46.0 Å². The lowest BCUT2D eigenvalue weighted by atomic mass is 9.97. The highest BCUT2D eigenvalue weighted by atomic mass is 127. The quantitative estimate of drug-likeness (QED) is 0.222. The SMILES string of the molecule is CCOc1ccc([C@H]2C(C(=O)OC)=CN=c3s/c(=C/c4cc(I)c(OCC)c(OCC)c4)c(=O)n32)cc1OCC. The Kier molecular flexibility index (Phi) is 9.90. The van der Waals surface area contributed by atoms with Gasteiger partial charge in [-0.25, -0.2) is 9.79 Å². The summed E-state index contributed by atoms with van der Waals surface area (Å²) in [7, 11) is 1.30. The molecule has 3 aromatic rings. The topological polar surface area (TPSA) is 97.6 Å². The first-order valence-corrected chi connectivity index (χ1v) is 14.8. The van der Waals surface area contributed by atoms with Crippen LogP contribution in [0.5, 0.6) is 23.0 Å². The van der Waals surface area contributed by atoms with Crippen LogP contribution in [0.3, 0.4) is 0 Å². The number of fused-ring (bicyclic) bond motifs is 1. The number of halogens is 1. The fourth-order valence-electron chi connectivity index (χ4n) is 4.36. The fourth-order valence-corrected chi connectivity index (χ4v) is 6.11. The predicted molar refractivity (Wildman–Crippen MR) is 161 cm³/mol. The maximum atomic E-state index is 13.9. The number of methoxy groups -OCH3 is 1. The van der Waals surface area contributed by atoms with Crippen LogP contribution in [0.4, 0.5) is 0 Å². The summed E-state index contributed by atoms with van der Waals surface area (Å²) in [6.45, 7) is 9.48. The van der Waals surface area contributed by atoms with Crippen LogP contribution in [0.1, 0.15) is 44.9 Å². The maximum Gasteiger partial charge on any atom is 0.337 e. The highest BCUT2D eigenvalue weighted by Gasteiger charge is 2.31. The van der Waals surface area contributed by atoms with Crippen molar-refractivity contribution in [2.75, 3.05) is 33.5 Å². The van der Waals surface area contributed by atoms with Gasteiger partial charge in [0.1, 0.15) is 0 Å². The number of esters is 1. The van der Waals surface area contributed by atoms with Crippen LogP contribution in [0, 0.1) is 3.57 Å². The number of rotatable bonds is 11. The maximum absolute atomic E-state index is 13.9. The molecule has 0 amide bonds. The largest absolute Gasteiger partial charge is 0.490 e. The first-order valence-electron chi connectivity index (χ1n) is 12.9. The van der Waals surface area contributed by atoms with Gasteiger partial charge in [0.25, 0.3) is 5.56 Å². The number of thiazole rings is 1. The third-order valence-corrected chi connectivity index (χ3v) is 7.72. The summed E-state index contributed by atoms with van der Waals surface area (Å²) in [5, 5.41) is 0. The number of hydrogen-bond donors (Lipinski definition) is 0. The minimum absolute atomic E-state index is 0.238. The van der Waals surface area contributed by atoms with E-state index in [-0.39, 0.29) is 11.1 Å². The number of nitrogens with zero attached hydrogens (tertiary/aromatic N) is 2. The number of benzene rings is 2. The Hall–Kier alpha value is -3.32. The van der Waals surface area contributed by atoms with E-state index >= 15 is 0 Å². The Morgan fingerprint density at radius 1 is 0.975 bits per heavy atom. The van der Waals surface area contributed by atoms with Gasteiger partial charge in [-0.15, -0.1) is 0 Å². The molecule has 0 radical (unpaired) electrons. The summed E-state index contributed by atoms with van der Waals surface area (Å²) in [6.07, 6.45) is 3.27. The third-order valence-electron chi connectivity index (χ3n) is 5.93. The molecule has 1 atom stereocenters. The van der Waals surface area contributed by atoms with Crippen molar-refractivity contribution in [3.8, 4) is 23.0 Å². The summed E-state index contributed by atoms with van der Waals surface area (Å²) >= 11 is 3.44. The van der Waals surface area contributed by atoms with E-state index in [4.69, 9.17) is 23.7 Å². The first-order chi connectivity index (χ1) is 19.4. The molecule has 0 bridgehead atoms. The van der Waals surface area contributed by atoms with Gasteiger partial charge in [-0.05, 0) is 91.8 Å². The Bertz CT molecular complexity index is 1610. The van der Waals surface area contributed by atoms with Crippen LogP contribution >= 0.6 is 33.9 Å². The zero-order valence-electron chi connectivity index (χ0n) is 23.0. The smallest absolute Gasteiger partial charge is 0.337 e. The van der Waals surface area contributed by atoms with Gasteiger partial charge in [-0.3, -0.25) is 9.36 Å². The molecule has 0 spiro atoms. The van der Waals surface area contributed by atoms with Crippen LogP contribution < -0.4 is 33.8 Å². The first kappa shape index (κ1) is 29.7. The van der Waals surface area contributed by atoms with Gasteiger partial charge in [0.2, 0.25) is 0 Å². The van der Waals surface area contributed by atoms with Crippen LogP contribution in [0.15, 0.2) is 51.9 Å². The second kappa shape index (κ2) is 13.4. The standard InChI is InChI=1S/C29H31IN2O7S/c1-6-36-21-11-10-18(15-22(21)37-7-2)25-19(28(34)35-5)16-31-29-32(25)27(33)24(40-29)14-17-12-20(30)26(39-9-4)23(13-17)38-8-3/h10-16,25H,6-9H2,1-5H3/b24-14+/t25-/m0/s1. The molecular weight excluding hydrogens is 647 g/mol. The molecule has 2 aromatic carbocycles. The van der Waals surface area contributed by atoms with Gasteiger partial charge in [0.15, 0.2) is 27.8 Å². The number of ether oxygens (including phenoxy) is 5. The third kappa shape index (κ3) is 6.04. The summed E-state index contributed by atoms with van der Waals surface area (Å²) in [6, 6.07) is 8.42. The molecule has 0 aliphatic carbocycles. The van der Waals surface area contributed by atoms with E-state index in [0.29, 0.717) is 64.3 Å². The number of carbonyl (C=O) groups is 1. The number of hydrogen-bond acceptors (Lipinski definition) is 9. The number of carbonyl (C=O) groups excluding carboxylic acids is 1. The Morgan fingerprint density at radius 3 is 2.33 bits per heavy atom. The second-order valence-corrected chi connectivity index (χ2v) is 10.6. The molecule has 11 heteroatoms. The van der Waals surface area contributed by atoms with Crippen molar-refractivity contribution in [3.05, 3.63) is 76.5 Å². The summed E-state index contributed by atoms with van der Waals surface area (Å²) < 4.78 is 31.0. The Labute approximate surface area is 249 Å². The number of aromatic nitrogens is 1. The fraction of sp³-hybridized carbons (Fsp3) is 0.345. The molecule has 212 valence electrons. The average Bonchev–Trinajstić information content (AvgIpc) is 3.25. The summed E-state index contributed by atoms with van der Waals surface area (Å²) in [5.41, 5.74) is 1.41. The molecule has 0 N–H and O–H groups in total. The molecule has 1 aromatic heterocycles. The molecular formula is C29H31IN2O7S. The molecule has 0 saturated heterocycles. The van der Waals surface area contributed by atoms with Crippen molar-refractivity contribution in [2.45, 2.75) is 33.7 Å². The second-order valence-electron chi connectivity index (χ2n) is 8.44. The highest BCUT2D eigenvalue weighted by Crippen LogP contribution is 2.36. The molecule has 0 saturated carbocycles. The Morgan fingerprint density at radius 2 is 1.65 bits per heavy atom. The van der Waals surface area contributed by atoms with Gasteiger partial charge in [0, 0.05) is 6.20 Å². The summed E-state index contributed by atoms with van der Waals surface area (Å²) in [5.74, 6) is 1.82. The van der Waals surface area contributed by atoms with Crippen LogP contribution in [-0.2, 0) is 9.53 Å². The van der Waals surface area contributed by atoms with Crippen molar-refractivity contribution in [1.29, 1.82) is 0 Å². The molecule has 9 nitrogen and oxygen atoms in total. The van der Waals surface area contributed by atoms with Crippen LogP contribution in [-0.4, -0.2) is 44.1 Å². The highest BCUT2D eigenvalue weighted by molar-refractivity contribution is 14.1. The van der Waals surface area contributed by atoms with Gasteiger partial charge < -0.3 is 23.7 Å². The lowest BCUT2D eigenvalue weighted by Crippen LogP contribution is -2.39. The van der Waals surface area contributed by atoms with E-state index in [2.05, 4.69) is 27.6 Å². The minimum Gasteiger partial charge on any atom is -0.490 e. The van der Waals surface area contributed by atoms with Crippen molar-refractivity contribution in [3.63, 3.8) is 0 Å². The van der Waals surface area contributed by atoms with Crippen molar-refractivity contribution < 1.29 is 28.5 Å². The van der Waals surface area contributed by atoms with Gasteiger partial charge in [-0.1, -0.05) is 17.4 Å².